The molecule has 5 rings (SSSR count). The first-order chi connectivity index (χ1) is 16.5. The van der Waals surface area contributed by atoms with Crippen LogP contribution in [0.3, 0.4) is 0 Å². The highest BCUT2D eigenvalue weighted by atomic mass is 16.5. The van der Waals surface area contributed by atoms with E-state index in [0.29, 0.717) is 35.5 Å². The van der Waals surface area contributed by atoms with Crippen molar-refractivity contribution in [3.63, 3.8) is 0 Å². The largest absolute Gasteiger partial charge is 0.392 e. The molecule has 1 amide bonds. The highest BCUT2D eigenvalue weighted by molar-refractivity contribution is 5.97. The summed E-state index contributed by atoms with van der Waals surface area (Å²) in [7, 11) is 0. The van der Waals surface area contributed by atoms with Crippen molar-refractivity contribution < 1.29 is 14.6 Å². The van der Waals surface area contributed by atoms with Crippen molar-refractivity contribution in [1.82, 2.24) is 19.9 Å². The molecule has 1 aliphatic heterocycles. The molecule has 1 saturated heterocycles. The van der Waals surface area contributed by atoms with Crippen LogP contribution in [0.25, 0.3) is 16.8 Å². The summed E-state index contributed by atoms with van der Waals surface area (Å²) in [6.07, 6.45) is 4.48. The molecule has 3 heterocycles. The zero-order valence-corrected chi connectivity index (χ0v) is 19.7. The van der Waals surface area contributed by atoms with Crippen molar-refractivity contribution in [2.45, 2.75) is 45.3 Å². The van der Waals surface area contributed by atoms with Crippen LogP contribution in [-0.2, 0) is 4.74 Å². The first-order valence-electron chi connectivity index (χ1n) is 12.0. The molecule has 0 radical (unpaired) electrons. The highest BCUT2D eigenvalue weighted by Crippen LogP contribution is 2.29. The number of carbonyl (C=O) groups is 1. The van der Waals surface area contributed by atoms with Gasteiger partial charge in [0.2, 0.25) is 0 Å². The van der Waals surface area contributed by atoms with Gasteiger partial charge in [-0.05, 0) is 50.3 Å². The van der Waals surface area contributed by atoms with E-state index >= 15 is 0 Å². The number of amides is 1. The van der Waals surface area contributed by atoms with E-state index in [-0.39, 0.29) is 5.91 Å². The molecular weight excluding hydrogens is 432 g/mol. The van der Waals surface area contributed by atoms with E-state index in [2.05, 4.69) is 21.0 Å². The van der Waals surface area contributed by atoms with E-state index in [0.717, 1.165) is 61.5 Å². The number of hydrogen-bond donors (Lipinski definition) is 4. The quantitative estimate of drug-likeness (QED) is 0.385. The number of nitrogens with zero attached hydrogens (tertiary/aromatic N) is 3. The first kappa shape index (κ1) is 22.6. The molecular formula is C25H32N6O3. The molecule has 2 aliphatic rings. The number of anilines is 2. The summed E-state index contributed by atoms with van der Waals surface area (Å²) in [6.45, 7) is 6.44. The summed E-state index contributed by atoms with van der Waals surface area (Å²) < 4.78 is 7.31. The molecule has 1 aliphatic carbocycles. The molecule has 3 aromatic rings. The van der Waals surface area contributed by atoms with Crippen LogP contribution in [-0.4, -0.2) is 64.1 Å². The lowest BCUT2D eigenvalue weighted by molar-refractivity contribution is 0.0950. The van der Waals surface area contributed by atoms with Gasteiger partial charge in [-0.1, -0.05) is 12.1 Å². The minimum absolute atomic E-state index is 0.0171. The number of benzene rings is 1. The number of nitrogens with one attached hydrogen (secondary N) is 3. The summed E-state index contributed by atoms with van der Waals surface area (Å²) in [5.74, 6) is 1.94. The molecule has 180 valence electrons. The summed E-state index contributed by atoms with van der Waals surface area (Å²) in [5, 5.41) is 24.1. The fourth-order valence-electron chi connectivity index (χ4n) is 4.21. The maximum atomic E-state index is 12.5. The van der Waals surface area contributed by atoms with Crippen molar-refractivity contribution >= 4 is 23.2 Å². The number of ether oxygens (including phenoxy) is 1. The maximum absolute atomic E-state index is 12.5. The van der Waals surface area contributed by atoms with Crippen LogP contribution in [0.1, 0.15) is 42.1 Å². The second-order valence-electron chi connectivity index (χ2n) is 9.44. The molecule has 2 unspecified atom stereocenters. The van der Waals surface area contributed by atoms with Gasteiger partial charge in [0, 0.05) is 48.8 Å². The van der Waals surface area contributed by atoms with E-state index in [1.54, 1.807) is 6.92 Å². The van der Waals surface area contributed by atoms with Gasteiger partial charge in [0.15, 0.2) is 5.65 Å². The van der Waals surface area contributed by atoms with Crippen molar-refractivity contribution in [3.05, 3.63) is 41.6 Å². The van der Waals surface area contributed by atoms with Gasteiger partial charge in [0.05, 0.1) is 18.9 Å². The third kappa shape index (κ3) is 5.00. The van der Waals surface area contributed by atoms with E-state index in [1.807, 2.05) is 41.9 Å². The van der Waals surface area contributed by atoms with Gasteiger partial charge in [0.1, 0.15) is 11.6 Å². The third-order valence-electron chi connectivity index (χ3n) is 6.34. The Morgan fingerprint density at radius 1 is 1.26 bits per heavy atom. The van der Waals surface area contributed by atoms with Crippen LogP contribution in [0.5, 0.6) is 0 Å². The van der Waals surface area contributed by atoms with E-state index in [9.17, 15) is 9.90 Å². The van der Waals surface area contributed by atoms with Crippen LogP contribution in [0.15, 0.2) is 30.5 Å². The Morgan fingerprint density at radius 3 is 2.82 bits per heavy atom. The molecule has 1 aromatic carbocycles. The van der Waals surface area contributed by atoms with Crippen LogP contribution < -0.4 is 16.0 Å². The van der Waals surface area contributed by atoms with E-state index < -0.39 is 6.10 Å². The number of rotatable bonds is 9. The summed E-state index contributed by atoms with van der Waals surface area (Å²) >= 11 is 0. The van der Waals surface area contributed by atoms with Crippen molar-refractivity contribution in [2.75, 3.05) is 36.9 Å². The van der Waals surface area contributed by atoms with Crippen LogP contribution in [0.2, 0.25) is 0 Å². The topological polar surface area (TPSA) is 113 Å². The van der Waals surface area contributed by atoms with Crippen LogP contribution in [0.4, 0.5) is 11.6 Å². The molecule has 2 aromatic heterocycles. The van der Waals surface area contributed by atoms with Crippen molar-refractivity contribution in [1.29, 1.82) is 0 Å². The Hall–Kier alpha value is -3.17. The predicted molar refractivity (Wildman–Crippen MR) is 131 cm³/mol. The smallest absolute Gasteiger partial charge is 0.251 e. The summed E-state index contributed by atoms with van der Waals surface area (Å²) in [6, 6.07) is 8.08. The minimum atomic E-state index is -0.494. The van der Waals surface area contributed by atoms with E-state index in [1.165, 1.54) is 0 Å². The second-order valence-corrected chi connectivity index (χ2v) is 9.44. The third-order valence-corrected chi connectivity index (χ3v) is 6.34. The van der Waals surface area contributed by atoms with E-state index in [4.69, 9.17) is 9.72 Å². The lowest BCUT2D eigenvalue weighted by Gasteiger charge is -2.15. The second kappa shape index (κ2) is 9.60. The number of fused-ring (bicyclic) bond motifs is 1. The van der Waals surface area contributed by atoms with Gasteiger partial charge in [-0.15, -0.1) is 0 Å². The monoisotopic (exact) mass is 464 g/mol. The average molecular weight is 465 g/mol. The molecule has 1 saturated carbocycles. The zero-order chi connectivity index (χ0) is 23.7. The standard InChI is InChI=1S/C25H32N6O3/c1-15-9-18(3-6-20(15)25(33)29-19-4-5-19)21-13-28-31-23(27-12-17-7-8-34-14-17)10-22(30-24(21)31)26-11-16(2)32/h3,6,9-10,13,16-17,19,27,32H,4-5,7-8,11-12,14H2,1-2H3,(H,26,30)(H,29,33). The fourth-order valence-corrected chi connectivity index (χ4v) is 4.21. The minimum Gasteiger partial charge on any atom is -0.392 e. The number of hydrogen-bond acceptors (Lipinski definition) is 7. The van der Waals surface area contributed by atoms with Gasteiger partial charge in [-0.25, -0.2) is 4.98 Å². The first-order valence-corrected chi connectivity index (χ1v) is 12.0. The normalized spacial score (nSPS) is 18.7. The Morgan fingerprint density at radius 2 is 2.12 bits per heavy atom. The Bertz CT molecular complexity index is 1180. The maximum Gasteiger partial charge on any atom is 0.251 e. The van der Waals surface area contributed by atoms with Crippen LogP contribution in [0, 0.1) is 12.8 Å². The number of aromatic nitrogens is 3. The molecule has 0 spiro atoms. The molecule has 9 nitrogen and oxygen atoms in total. The predicted octanol–water partition coefficient (Wildman–Crippen LogP) is 2.84. The lowest BCUT2D eigenvalue weighted by atomic mass is 10.0. The van der Waals surface area contributed by atoms with Gasteiger partial charge in [-0.2, -0.15) is 9.61 Å². The Kier molecular flexibility index (Phi) is 6.38. The highest BCUT2D eigenvalue weighted by Gasteiger charge is 2.24. The van der Waals surface area contributed by atoms with Crippen molar-refractivity contribution in [2.24, 2.45) is 5.92 Å². The number of aliphatic hydroxyl groups is 1. The molecule has 2 atom stereocenters. The lowest BCUT2D eigenvalue weighted by Crippen LogP contribution is -2.26. The molecule has 9 heteroatoms. The van der Waals surface area contributed by atoms with Crippen molar-refractivity contribution in [3.8, 4) is 11.1 Å². The molecule has 4 N–H and O–H groups in total. The van der Waals surface area contributed by atoms with Crippen LogP contribution >= 0.6 is 0 Å². The van der Waals surface area contributed by atoms with Gasteiger partial charge in [-0.3, -0.25) is 4.79 Å². The number of aliphatic hydroxyl groups excluding tert-OH is 1. The molecule has 2 fully saturated rings. The fraction of sp³-hybridized carbons (Fsp3) is 0.480. The zero-order valence-electron chi connectivity index (χ0n) is 19.7. The SMILES string of the molecule is Cc1cc(-c2cnn3c(NCC4CCOC4)cc(NCC(C)O)nc23)ccc1C(=O)NC1CC1. The number of carbonyl (C=O) groups excluding carboxylic acids is 1. The average Bonchev–Trinajstić information content (AvgIpc) is 3.30. The Balaban J connectivity index is 1.46. The van der Waals surface area contributed by atoms with Gasteiger partial charge < -0.3 is 25.8 Å². The Labute approximate surface area is 198 Å². The molecule has 0 bridgehead atoms. The van der Waals surface area contributed by atoms with Gasteiger partial charge >= 0.3 is 0 Å². The molecule has 34 heavy (non-hydrogen) atoms. The summed E-state index contributed by atoms with van der Waals surface area (Å²) in [5.41, 5.74) is 4.14. The van der Waals surface area contributed by atoms with Gasteiger partial charge in [0.25, 0.3) is 5.91 Å². The summed E-state index contributed by atoms with van der Waals surface area (Å²) in [4.78, 5) is 17.3. The number of aryl methyl sites for hydroxylation is 1.